The standard InChI is InChI=1S/C5H3F7O2.C5H3F7O/c6-3(1-2-13,4(7,8)9)14-5(10,11)12;6-3(1-2-13,4(7,8)9)5(10,11)12/h2H,1H2;2H,1H2. The summed E-state index contributed by atoms with van der Waals surface area (Å²) in [5, 5.41) is 0. The van der Waals surface area contributed by atoms with Gasteiger partial charge in [-0.1, -0.05) is 0 Å². The fourth-order valence-electron chi connectivity index (χ4n) is 1.01. The van der Waals surface area contributed by atoms with Crippen molar-refractivity contribution >= 4 is 12.6 Å². The number of carbonyl (C=O) groups excluding carboxylic acids is 2. The monoisotopic (exact) mass is 440 g/mol. The predicted octanol–water partition coefficient (Wildman–Crippen LogP) is 4.75. The second kappa shape index (κ2) is 8.55. The number of halogens is 14. The van der Waals surface area contributed by atoms with Crippen LogP contribution >= 0.6 is 0 Å². The number of aldehydes is 2. The molecule has 0 amide bonds. The summed E-state index contributed by atoms with van der Waals surface area (Å²) in [6.45, 7) is 0. The van der Waals surface area contributed by atoms with Crippen molar-refractivity contribution in [1.29, 1.82) is 0 Å². The van der Waals surface area contributed by atoms with Crippen LogP contribution in [0.1, 0.15) is 12.8 Å². The van der Waals surface area contributed by atoms with Gasteiger partial charge < -0.3 is 9.59 Å². The molecular weight excluding hydrogens is 434 g/mol. The zero-order valence-corrected chi connectivity index (χ0v) is 12.1. The van der Waals surface area contributed by atoms with Gasteiger partial charge in [-0.2, -0.15) is 39.5 Å². The van der Waals surface area contributed by atoms with E-state index in [1.54, 1.807) is 0 Å². The van der Waals surface area contributed by atoms with E-state index in [0.29, 0.717) is 0 Å². The van der Waals surface area contributed by atoms with Gasteiger partial charge in [-0.15, -0.1) is 13.2 Å². The fraction of sp³-hybridized carbons (Fsp3) is 0.800. The van der Waals surface area contributed by atoms with E-state index in [0.717, 1.165) is 0 Å². The Hall–Kier alpha value is -1.68. The number of rotatable bonds is 5. The van der Waals surface area contributed by atoms with Crippen LogP contribution in [0.2, 0.25) is 0 Å². The molecule has 1 atom stereocenters. The van der Waals surface area contributed by atoms with Crippen LogP contribution in [0.25, 0.3) is 0 Å². The lowest BCUT2D eigenvalue weighted by Gasteiger charge is -2.27. The third kappa shape index (κ3) is 7.84. The van der Waals surface area contributed by atoms with Gasteiger partial charge in [-0.25, -0.2) is 13.5 Å². The highest BCUT2D eigenvalue weighted by Crippen LogP contribution is 2.47. The summed E-state index contributed by atoms with van der Waals surface area (Å²) in [5.74, 6) is -5.02. The summed E-state index contributed by atoms with van der Waals surface area (Å²) < 4.78 is 165. The summed E-state index contributed by atoms with van der Waals surface area (Å²) in [5.41, 5.74) is -5.44. The van der Waals surface area contributed by atoms with E-state index in [4.69, 9.17) is 0 Å². The van der Waals surface area contributed by atoms with Crippen molar-refractivity contribution in [2.24, 2.45) is 0 Å². The summed E-state index contributed by atoms with van der Waals surface area (Å²) >= 11 is 0. The minimum absolute atomic E-state index is 0.654. The molecule has 17 heteroatoms. The van der Waals surface area contributed by atoms with E-state index in [9.17, 15) is 71.1 Å². The van der Waals surface area contributed by atoms with Crippen molar-refractivity contribution in [1.82, 2.24) is 0 Å². The maximum absolute atomic E-state index is 12.5. The zero-order valence-electron chi connectivity index (χ0n) is 12.1. The average molecular weight is 440 g/mol. The smallest absolute Gasteiger partial charge is 0.303 e. The molecule has 1 unspecified atom stereocenters. The van der Waals surface area contributed by atoms with E-state index in [2.05, 4.69) is 4.74 Å². The lowest BCUT2D eigenvalue weighted by molar-refractivity contribution is -0.446. The molecule has 0 rings (SSSR count). The molecule has 0 heterocycles. The maximum atomic E-state index is 12.5. The largest absolute Gasteiger partial charge is 0.525 e. The Bertz CT molecular complexity index is 473. The SMILES string of the molecule is O=CCC(F)(C(F)(F)F)C(F)(F)F.O=CCC(F)(OC(F)(F)F)C(F)(F)F. The summed E-state index contributed by atoms with van der Waals surface area (Å²) in [7, 11) is 0. The van der Waals surface area contributed by atoms with Gasteiger partial charge in [0.25, 0.3) is 0 Å². The highest BCUT2D eigenvalue weighted by Gasteiger charge is 2.72. The minimum atomic E-state index is -6.13. The maximum Gasteiger partial charge on any atom is 0.525 e. The Kier molecular flexibility index (Phi) is 8.72. The molecule has 0 spiro atoms. The van der Waals surface area contributed by atoms with Gasteiger partial charge in [0.1, 0.15) is 12.6 Å². The normalized spacial score (nSPS) is 16.1. The molecule has 0 aliphatic carbocycles. The molecule has 3 nitrogen and oxygen atoms in total. The van der Waals surface area contributed by atoms with Crippen LogP contribution in [0.3, 0.4) is 0 Å². The van der Waals surface area contributed by atoms with Crippen molar-refractivity contribution in [3.63, 3.8) is 0 Å². The van der Waals surface area contributed by atoms with E-state index in [1.165, 1.54) is 0 Å². The first-order valence-electron chi connectivity index (χ1n) is 5.80. The third-order valence-corrected chi connectivity index (χ3v) is 2.31. The number of carbonyl (C=O) groups is 2. The Morgan fingerprint density at radius 2 is 0.889 bits per heavy atom. The number of hydrogen-bond donors (Lipinski definition) is 0. The Morgan fingerprint density at radius 1 is 0.556 bits per heavy atom. The quantitative estimate of drug-likeness (QED) is 0.458. The lowest BCUT2D eigenvalue weighted by atomic mass is 10.0. The van der Waals surface area contributed by atoms with Gasteiger partial charge in [0, 0.05) is 0 Å². The Morgan fingerprint density at radius 3 is 1.04 bits per heavy atom. The topological polar surface area (TPSA) is 43.4 Å². The van der Waals surface area contributed by atoms with E-state index >= 15 is 0 Å². The zero-order chi connectivity index (χ0) is 22.5. The van der Waals surface area contributed by atoms with Crippen molar-refractivity contribution in [3.8, 4) is 0 Å². The fourth-order valence-corrected chi connectivity index (χ4v) is 1.01. The molecule has 0 N–H and O–H groups in total. The first kappa shape index (κ1) is 27.5. The first-order valence-corrected chi connectivity index (χ1v) is 5.80. The van der Waals surface area contributed by atoms with Crippen LogP contribution < -0.4 is 0 Å². The van der Waals surface area contributed by atoms with Crippen LogP contribution in [0.4, 0.5) is 61.5 Å². The number of alkyl halides is 14. The Labute approximate surface area is 139 Å². The van der Waals surface area contributed by atoms with E-state index in [1.807, 2.05) is 0 Å². The minimum Gasteiger partial charge on any atom is -0.303 e. The summed E-state index contributed by atoms with van der Waals surface area (Å²) in [4.78, 5) is 19.0. The predicted molar refractivity (Wildman–Crippen MR) is 54.3 cm³/mol. The second-order valence-corrected chi connectivity index (χ2v) is 4.31. The lowest BCUT2D eigenvalue weighted by Crippen LogP contribution is -2.53. The van der Waals surface area contributed by atoms with Crippen molar-refractivity contribution in [3.05, 3.63) is 0 Å². The van der Waals surface area contributed by atoms with Crippen LogP contribution in [0.5, 0.6) is 0 Å². The second-order valence-electron chi connectivity index (χ2n) is 4.31. The molecule has 0 aliphatic rings. The van der Waals surface area contributed by atoms with Crippen LogP contribution in [-0.4, -0.2) is 49.0 Å². The molecular formula is C10H6F14O3. The molecule has 0 fully saturated rings. The molecule has 0 radical (unpaired) electrons. The van der Waals surface area contributed by atoms with Crippen molar-refractivity contribution in [2.45, 2.75) is 49.3 Å². The highest BCUT2D eigenvalue weighted by atomic mass is 19.4. The van der Waals surface area contributed by atoms with Gasteiger partial charge >= 0.3 is 36.4 Å². The Balaban J connectivity index is 0. The molecule has 0 aromatic carbocycles. The third-order valence-electron chi connectivity index (χ3n) is 2.31. The molecule has 162 valence electrons. The van der Waals surface area contributed by atoms with E-state index < -0.39 is 61.8 Å². The average Bonchev–Trinajstić information content (AvgIpc) is 2.33. The first-order chi connectivity index (χ1) is 11.6. The molecule has 0 aromatic heterocycles. The molecule has 27 heavy (non-hydrogen) atoms. The van der Waals surface area contributed by atoms with Gasteiger partial charge in [0.2, 0.25) is 0 Å². The molecule has 0 saturated heterocycles. The van der Waals surface area contributed by atoms with Crippen LogP contribution in [-0.2, 0) is 14.3 Å². The van der Waals surface area contributed by atoms with Gasteiger partial charge in [-0.05, 0) is 0 Å². The van der Waals surface area contributed by atoms with Gasteiger partial charge in [0.15, 0.2) is 0 Å². The number of ether oxygens (including phenoxy) is 1. The van der Waals surface area contributed by atoms with Crippen LogP contribution in [0, 0.1) is 0 Å². The van der Waals surface area contributed by atoms with Gasteiger partial charge in [-0.3, -0.25) is 0 Å². The summed E-state index contributed by atoms with van der Waals surface area (Å²) in [6, 6.07) is 0. The van der Waals surface area contributed by atoms with Crippen molar-refractivity contribution < 1.29 is 75.8 Å². The van der Waals surface area contributed by atoms with E-state index in [-0.39, 0.29) is 0 Å². The highest BCUT2D eigenvalue weighted by molar-refractivity contribution is 5.52. The molecule has 0 bridgehead atoms. The molecule has 0 aliphatic heterocycles. The van der Waals surface area contributed by atoms with Crippen molar-refractivity contribution in [2.75, 3.05) is 0 Å². The summed E-state index contributed by atoms with van der Waals surface area (Å²) in [6.07, 6.45) is -29.8. The van der Waals surface area contributed by atoms with Crippen LogP contribution in [0.15, 0.2) is 0 Å². The molecule has 0 aromatic rings. The number of hydrogen-bond acceptors (Lipinski definition) is 3. The van der Waals surface area contributed by atoms with Gasteiger partial charge in [0.05, 0.1) is 12.8 Å². The molecule has 0 saturated carbocycles.